The van der Waals surface area contributed by atoms with Gasteiger partial charge in [0.25, 0.3) is 0 Å². The molecular weight excluding hydrogens is 455 g/mol. The summed E-state index contributed by atoms with van der Waals surface area (Å²) >= 11 is 13.4. The first-order valence-corrected chi connectivity index (χ1v) is 10.9. The van der Waals surface area contributed by atoms with E-state index in [4.69, 9.17) is 27.9 Å². The molecular formula is C22H16Cl2N4O2S. The number of Topliss-reactive ketones (excluding diaryl/α,β-unsaturated/α-hetero) is 1. The molecule has 9 heteroatoms. The van der Waals surface area contributed by atoms with E-state index in [0.29, 0.717) is 26.6 Å². The third kappa shape index (κ3) is 4.74. The van der Waals surface area contributed by atoms with Gasteiger partial charge in [0.2, 0.25) is 0 Å². The minimum Gasteiger partial charge on any atom is -0.497 e. The molecule has 31 heavy (non-hydrogen) atoms. The van der Waals surface area contributed by atoms with Crippen LogP contribution in [-0.2, 0) is 0 Å². The topological polar surface area (TPSA) is 69.9 Å². The Balaban J connectivity index is 1.67. The number of carbonyl (C=O) groups excluding carboxylic acids is 1. The largest absolute Gasteiger partial charge is 0.497 e. The van der Waals surface area contributed by atoms with Gasteiger partial charge in [0, 0.05) is 34.2 Å². The van der Waals surface area contributed by atoms with Gasteiger partial charge < -0.3 is 4.74 Å². The smallest absolute Gasteiger partial charge is 0.196 e. The molecule has 0 aliphatic heterocycles. The summed E-state index contributed by atoms with van der Waals surface area (Å²) in [5.74, 6) is 1.38. The summed E-state index contributed by atoms with van der Waals surface area (Å²) in [5.41, 5.74) is 2.07. The number of ketones is 1. The van der Waals surface area contributed by atoms with Crippen molar-refractivity contribution < 1.29 is 9.53 Å². The van der Waals surface area contributed by atoms with Crippen LogP contribution in [0.2, 0.25) is 10.0 Å². The van der Waals surface area contributed by atoms with E-state index in [0.717, 1.165) is 17.0 Å². The van der Waals surface area contributed by atoms with Crippen molar-refractivity contribution in [2.24, 2.45) is 0 Å². The molecule has 0 spiro atoms. The summed E-state index contributed by atoms with van der Waals surface area (Å²) in [6.07, 6.45) is 3.42. The number of nitrogens with zero attached hydrogens (tertiary/aromatic N) is 4. The molecule has 2 heterocycles. The number of carbonyl (C=O) groups is 1. The fourth-order valence-electron chi connectivity index (χ4n) is 2.93. The number of ether oxygens (including phenoxy) is 1. The highest BCUT2D eigenvalue weighted by Gasteiger charge is 2.19. The molecule has 0 atom stereocenters. The summed E-state index contributed by atoms with van der Waals surface area (Å²) in [5, 5.41) is 10.1. The molecule has 0 unspecified atom stereocenters. The van der Waals surface area contributed by atoms with Crippen LogP contribution in [0.5, 0.6) is 5.75 Å². The van der Waals surface area contributed by atoms with Gasteiger partial charge in [-0.15, -0.1) is 10.2 Å². The Labute approximate surface area is 193 Å². The standard InChI is InChI=1S/C22H16Cl2N4O2S/c1-30-17-7-5-16(6-8-17)28-21(14-3-2-10-25-12-14)26-27-22(28)31-13-20(29)18-9-4-15(23)11-19(18)24/h2-12H,13H2,1H3. The predicted molar refractivity (Wildman–Crippen MR) is 123 cm³/mol. The molecule has 0 amide bonds. The highest BCUT2D eigenvalue weighted by Crippen LogP contribution is 2.30. The van der Waals surface area contributed by atoms with Crippen molar-refractivity contribution >= 4 is 40.7 Å². The number of halogens is 2. The van der Waals surface area contributed by atoms with E-state index in [-0.39, 0.29) is 11.5 Å². The number of benzene rings is 2. The minimum absolute atomic E-state index is 0.126. The lowest BCUT2D eigenvalue weighted by Crippen LogP contribution is -2.05. The van der Waals surface area contributed by atoms with E-state index >= 15 is 0 Å². The maximum atomic E-state index is 12.7. The van der Waals surface area contributed by atoms with Gasteiger partial charge in [0.15, 0.2) is 16.8 Å². The van der Waals surface area contributed by atoms with Crippen molar-refractivity contribution in [3.05, 3.63) is 82.6 Å². The van der Waals surface area contributed by atoms with Crippen LogP contribution in [0, 0.1) is 0 Å². The average Bonchev–Trinajstić information content (AvgIpc) is 3.22. The second kappa shape index (κ2) is 9.51. The first-order chi connectivity index (χ1) is 15.1. The van der Waals surface area contributed by atoms with Gasteiger partial charge in [-0.05, 0) is 54.6 Å². The second-order valence-electron chi connectivity index (χ2n) is 6.42. The molecule has 0 fully saturated rings. The number of aromatic nitrogens is 4. The molecule has 0 radical (unpaired) electrons. The molecule has 2 aromatic heterocycles. The number of pyridine rings is 1. The quantitative estimate of drug-likeness (QED) is 0.257. The normalized spacial score (nSPS) is 10.8. The van der Waals surface area contributed by atoms with Crippen molar-refractivity contribution in [1.29, 1.82) is 0 Å². The second-order valence-corrected chi connectivity index (χ2v) is 8.20. The van der Waals surface area contributed by atoms with E-state index < -0.39 is 0 Å². The Kier molecular flexibility index (Phi) is 6.56. The van der Waals surface area contributed by atoms with E-state index in [1.807, 2.05) is 41.0 Å². The molecule has 4 aromatic rings. The third-order valence-corrected chi connectivity index (χ3v) is 5.92. The summed E-state index contributed by atoms with van der Waals surface area (Å²) < 4.78 is 7.14. The molecule has 4 rings (SSSR count). The van der Waals surface area contributed by atoms with Crippen LogP contribution in [-0.4, -0.2) is 38.4 Å². The first-order valence-electron chi connectivity index (χ1n) is 9.18. The summed E-state index contributed by atoms with van der Waals surface area (Å²) in [4.78, 5) is 16.9. The van der Waals surface area contributed by atoms with Gasteiger partial charge in [0.05, 0.1) is 17.9 Å². The van der Waals surface area contributed by atoms with Gasteiger partial charge in [0.1, 0.15) is 5.75 Å². The number of methoxy groups -OCH3 is 1. The maximum Gasteiger partial charge on any atom is 0.196 e. The van der Waals surface area contributed by atoms with Crippen LogP contribution in [0.3, 0.4) is 0 Å². The Morgan fingerprint density at radius 2 is 1.90 bits per heavy atom. The lowest BCUT2D eigenvalue weighted by Gasteiger charge is -2.11. The lowest BCUT2D eigenvalue weighted by atomic mass is 10.1. The van der Waals surface area contributed by atoms with Crippen molar-refractivity contribution in [3.63, 3.8) is 0 Å². The molecule has 0 aliphatic rings. The molecule has 2 aromatic carbocycles. The Bertz CT molecular complexity index is 1210. The predicted octanol–water partition coefficient (Wildman–Crippen LogP) is 5.62. The molecule has 0 aliphatic carbocycles. The molecule has 0 N–H and O–H groups in total. The third-order valence-electron chi connectivity index (χ3n) is 4.45. The minimum atomic E-state index is -0.126. The Hall–Kier alpha value is -2.87. The number of rotatable bonds is 7. The van der Waals surface area contributed by atoms with Gasteiger partial charge >= 0.3 is 0 Å². The van der Waals surface area contributed by atoms with Crippen LogP contribution in [0.4, 0.5) is 0 Å². The zero-order valence-electron chi connectivity index (χ0n) is 16.3. The Morgan fingerprint density at radius 3 is 2.58 bits per heavy atom. The zero-order valence-corrected chi connectivity index (χ0v) is 18.7. The van der Waals surface area contributed by atoms with Gasteiger partial charge in [-0.3, -0.25) is 14.3 Å². The van der Waals surface area contributed by atoms with Crippen LogP contribution < -0.4 is 4.74 Å². The average molecular weight is 471 g/mol. The monoisotopic (exact) mass is 470 g/mol. The van der Waals surface area contributed by atoms with Gasteiger partial charge in [-0.2, -0.15) is 0 Å². The lowest BCUT2D eigenvalue weighted by molar-refractivity contribution is 0.102. The Morgan fingerprint density at radius 1 is 1.10 bits per heavy atom. The first kappa shape index (κ1) is 21.4. The van der Waals surface area contributed by atoms with Gasteiger partial charge in [-0.25, -0.2) is 0 Å². The highest BCUT2D eigenvalue weighted by molar-refractivity contribution is 7.99. The summed E-state index contributed by atoms with van der Waals surface area (Å²) in [7, 11) is 1.61. The van der Waals surface area contributed by atoms with Crippen molar-refractivity contribution in [1.82, 2.24) is 19.7 Å². The van der Waals surface area contributed by atoms with Crippen molar-refractivity contribution in [2.45, 2.75) is 5.16 Å². The fraction of sp³-hybridized carbons (Fsp3) is 0.0909. The molecule has 156 valence electrons. The SMILES string of the molecule is COc1ccc(-n2c(SCC(=O)c3ccc(Cl)cc3Cl)nnc2-c2cccnc2)cc1. The zero-order chi connectivity index (χ0) is 21.8. The summed E-state index contributed by atoms with van der Waals surface area (Å²) in [6, 6.07) is 16.1. The number of hydrogen-bond donors (Lipinski definition) is 0. The van der Waals surface area contributed by atoms with Crippen LogP contribution in [0.15, 0.2) is 72.1 Å². The molecule has 6 nitrogen and oxygen atoms in total. The highest BCUT2D eigenvalue weighted by atomic mass is 35.5. The van der Waals surface area contributed by atoms with E-state index in [2.05, 4.69) is 15.2 Å². The molecule has 0 bridgehead atoms. The van der Waals surface area contributed by atoms with E-state index in [1.165, 1.54) is 11.8 Å². The molecule has 0 saturated heterocycles. The van der Waals surface area contributed by atoms with E-state index in [1.54, 1.807) is 37.7 Å². The van der Waals surface area contributed by atoms with E-state index in [9.17, 15) is 4.79 Å². The maximum absolute atomic E-state index is 12.7. The number of hydrogen-bond acceptors (Lipinski definition) is 6. The number of thioether (sulfide) groups is 1. The van der Waals surface area contributed by atoms with Crippen LogP contribution >= 0.6 is 35.0 Å². The molecule has 0 saturated carbocycles. The summed E-state index contributed by atoms with van der Waals surface area (Å²) in [6.45, 7) is 0. The van der Waals surface area contributed by atoms with Crippen LogP contribution in [0.1, 0.15) is 10.4 Å². The van der Waals surface area contributed by atoms with Crippen LogP contribution in [0.25, 0.3) is 17.1 Å². The van der Waals surface area contributed by atoms with Crippen molar-refractivity contribution in [2.75, 3.05) is 12.9 Å². The van der Waals surface area contributed by atoms with Crippen molar-refractivity contribution in [3.8, 4) is 22.8 Å². The van der Waals surface area contributed by atoms with Gasteiger partial charge in [-0.1, -0.05) is 35.0 Å². The fourth-order valence-corrected chi connectivity index (χ4v) is 4.28.